The van der Waals surface area contributed by atoms with Gasteiger partial charge in [0.05, 0.1) is 33.4 Å². The van der Waals surface area contributed by atoms with Gasteiger partial charge in [-0.25, -0.2) is 0 Å². The molecule has 7 heteroatoms. The van der Waals surface area contributed by atoms with Crippen molar-refractivity contribution in [1.29, 1.82) is 0 Å². The summed E-state index contributed by atoms with van der Waals surface area (Å²) in [4.78, 5) is 13.8. The maximum Gasteiger partial charge on any atom is 0.287 e. The Hall–Kier alpha value is -3.06. The predicted octanol–water partition coefficient (Wildman–Crippen LogP) is 5.00. The van der Waals surface area contributed by atoms with Crippen LogP contribution in [0.4, 0.5) is 0 Å². The molecule has 2 aromatic carbocycles. The summed E-state index contributed by atoms with van der Waals surface area (Å²) >= 11 is 1.51. The summed E-state index contributed by atoms with van der Waals surface area (Å²) in [5.41, 5.74) is 3.05. The predicted molar refractivity (Wildman–Crippen MR) is 116 cm³/mol. The van der Waals surface area contributed by atoms with E-state index >= 15 is 0 Å². The van der Waals surface area contributed by atoms with E-state index in [1.807, 2.05) is 6.07 Å². The number of furan rings is 1. The number of methoxy groups -OCH3 is 3. The molecule has 0 aliphatic heterocycles. The van der Waals surface area contributed by atoms with Crippen molar-refractivity contribution in [2.45, 2.75) is 30.4 Å². The minimum atomic E-state index is -0.316. The van der Waals surface area contributed by atoms with E-state index in [1.54, 1.807) is 45.6 Å². The summed E-state index contributed by atoms with van der Waals surface area (Å²) in [5, 5.41) is 3.52. The van der Waals surface area contributed by atoms with Gasteiger partial charge in [-0.05, 0) is 37.1 Å². The van der Waals surface area contributed by atoms with Crippen LogP contribution in [-0.2, 0) is 6.54 Å². The molecular weight excluding hydrogens is 402 g/mol. The molecule has 0 unspecified atom stereocenters. The average Bonchev–Trinajstić information content (AvgIpc) is 3.22. The highest BCUT2D eigenvalue weighted by Gasteiger charge is 2.17. The Balaban J connectivity index is 1.72. The van der Waals surface area contributed by atoms with Crippen LogP contribution in [0, 0.1) is 13.8 Å². The number of amides is 1. The zero-order valence-corrected chi connectivity index (χ0v) is 18.5. The molecule has 0 saturated carbocycles. The largest absolute Gasteiger partial charge is 0.496 e. The van der Waals surface area contributed by atoms with E-state index in [2.05, 4.69) is 31.3 Å². The van der Waals surface area contributed by atoms with E-state index in [9.17, 15) is 4.79 Å². The molecule has 0 fully saturated rings. The monoisotopic (exact) mass is 427 g/mol. The number of carbonyl (C=O) groups is 1. The van der Waals surface area contributed by atoms with Crippen LogP contribution in [-0.4, -0.2) is 27.2 Å². The van der Waals surface area contributed by atoms with Gasteiger partial charge in [-0.15, -0.1) is 0 Å². The lowest BCUT2D eigenvalue weighted by atomic mass is 10.1. The average molecular weight is 428 g/mol. The second kappa shape index (κ2) is 9.63. The van der Waals surface area contributed by atoms with Crippen molar-refractivity contribution < 1.29 is 23.4 Å². The second-order valence-corrected chi connectivity index (χ2v) is 7.65. The van der Waals surface area contributed by atoms with Crippen molar-refractivity contribution >= 4 is 17.7 Å². The second-order valence-electron chi connectivity index (χ2n) is 6.63. The van der Waals surface area contributed by atoms with Crippen LogP contribution in [0.2, 0.25) is 0 Å². The summed E-state index contributed by atoms with van der Waals surface area (Å²) in [6.45, 7) is 4.33. The SMILES string of the molecule is COc1cc(OC)c(CNC(=O)c2ccc(Sc3c(C)cccc3C)o2)c(OC)c1. The Morgan fingerprint density at radius 1 is 0.967 bits per heavy atom. The van der Waals surface area contributed by atoms with Gasteiger partial charge in [0.2, 0.25) is 0 Å². The van der Waals surface area contributed by atoms with E-state index < -0.39 is 0 Å². The van der Waals surface area contributed by atoms with Crippen molar-refractivity contribution in [3.05, 3.63) is 64.9 Å². The molecule has 0 aliphatic rings. The Kier molecular flexibility index (Phi) is 6.95. The number of ether oxygens (including phenoxy) is 3. The van der Waals surface area contributed by atoms with E-state index in [1.165, 1.54) is 22.9 Å². The Morgan fingerprint density at radius 3 is 2.17 bits per heavy atom. The van der Waals surface area contributed by atoms with Gasteiger partial charge in [0, 0.05) is 17.0 Å². The third-order valence-electron chi connectivity index (χ3n) is 4.66. The number of hydrogen-bond acceptors (Lipinski definition) is 6. The first kappa shape index (κ1) is 21.6. The van der Waals surface area contributed by atoms with Gasteiger partial charge in [-0.3, -0.25) is 4.79 Å². The Bertz CT molecular complexity index is 999. The Labute approximate surface area is 180 Å². The summed E-state index contributed by atoms with van der Waals surface area (Å²) in [6, 6.07) is 13.1. The summed E-state index contributed by atoms with van der Waals surface area (Å²) < 4.78 is 21.9. The van der Waals surface area contributed by atoms with Crippen LogP contribution >= 0.6 is 11.8 Å². The molecule has 3 rings (SSSR count). The quantitative estimate of drug-likeness (QED) is 0.545. The zero-order valence-electron chi connectivity index (χ0n) is 17.7. The lowest BCUT2D eigenvalue weighted by molar-refractivity contribution is 0.0917. The fourth-order valence-corrected chi connectivity index (χ4v) is 3.99. The highest BCUT2D eigenvalue weighted by atomic mass is 32.2. The number of aryl methyl sites for hydroxylation is 2. The molecule has 3 aromatic rings. The number of benzene rings is 2. The highest BCUT2D eigenvalue weighted by molar-refractivity contribution is 7.99. The fourth-order valence-electron chi connectivity index (χ4n) is 3.07. The third-order valence-corrected chi connectivity index (χ3v) is 5.93. The molecule has 6 nitrogen and oxygen atoms in total. The van der Waals surface area contributed by atoms with Gasteiger partial charge < -0.3 is 23.9 Å². The molecule has 0 bridgehead atoms. The van der Waals surface area contributed by atoms with Crippen LogP contribution < -0.4 is 19.5 Å². The van der Waals surface area contributed by atoms with Crippen molar-refractivity contribution in [2.24, 2.45) is 0 Å². The first-order valence-electron chi connectivity index (χ1n) is 9.37. The molecule has 0 spiro atoms. The number of rotatable bonds is 8. The van der Waals surface area contributed by atoms with Crippen molar-refractivity contribution in [2.75, 3.05) is 21.3 Å². The minimum absolute atomic E-state index is 0.218. The fraction of sp³-hybridized carbons (Fsp3) is 0.261. The first-order valence-corrected chi connectivity index (χ1v) is 10.2. The minimum Gasteiger partial charge on any atom is -0.496 e. The summed E-state index contributed by atoms with van der Waals surface area (Å²) in [6.07, 6.45) is 0. The van der Waals surface area contributed by atoms with Gasteiger partial charge >= 0.3 is 0 Å². The van der Waals surface area contributed by atoms with E-state index in [-0.39, 0.29) is 18.2 Å². The molecule has 158 valence electrons. The standard InChI is InChI=1S/C23H25NO5S/c1-14-7-6-8-15(2)22(14)30-21-10-9-18(29-21)23(25)24-13-17-19(27-4)11-16(26-3)12-20(17)28-5/h6-12H,13H2,1-5H3,(H,24,25). The molecule has 1 heterocycles. The van der Waals surface area contributed by atoms with Crippen LogP contribution in [0.1, 0.15) is 27.2 Å². The van der Waals surface area contributed by atoms with Gasteiger partial charge in [0.15, 0.2) is 10.9 Å². The van der Waals surface area contributed by atoms with Crippen LogP contribution in [0.3, 0.4) is 0 Å². The van der Waals surface area contributed by atoms with E-state index in [4.69, 9.17) is 18.6 Å². The van der Waals surface area contributed by atoms with Gasteiger partial charge in [0.25, 0.3) is 5.91 Å². The Morgan fingerprint density at radius 2 is 1.60 bits per heavy atom. The summed E-state index contributed by atoms with van der Waals surface area (Å²) in [5.74, 6) is 1.67. The number of hydrogen-bond donors (Lipinski definition) is 1. The molecular formula is C23H25NO5S. The maximum atomic E-state index is 12.6. The normalized spacial score (nSPS) is 10.6. The third kappa shape index (κ3) is 4.74. The molecule has 1 aromatic heterocycles. The van der Waals surface area contributed by atoms with Gasteiger partial charge in [-0.1, -0.05) is 30.0 Å². The lowest BCUT2D eigenvalue weighted by Crippen LogP contribution is -2.23. The number of nitrogens with one attached hydrogen (secondary N) is 1. The van der Waals surface area contributed by atoms with Crippen LogP contribution in [0.15, 0.2) is 56.9 Å². The molecule has 30 heavy (non-hydrogen) atoms. The van der Waals surface area contributed by atoms with Gasteiger partial charge in [0.1, 0.15) is 17.2 Å². The van der Waals surface area contributed by atoms with Crippen molar-refractivity contribution in [3.63, 3.8) is 0 Å². The molecule has 0 atom stereocenters. The zero-order chi connectivity index (χ0) is 21.7. The van der Waals surface area contributed by atoms with Crippen LogP contribution in [0.25, 0.3) is 0 Å². The van der Waals surface area contributed by atoms with E-state index in [0.717, 1.165) is 4.90 Å². The molecule has 1 N–H and O–H groups in total. The van der Waals surface area contributed by atoms with Crippen molar-refractivity contribution in [3.8, 4) is 17.2 Å². The van der Waals surface area contributed by atoms with Crippen LogP contribution in [0.5, 0.6) is 17.2 Å². The lowest BCUT2D eigenvalue weighted by Gasteiger charge is -2.15. The van der Waals surface area contributed by atoms with Crippen molar-refractivity contribution in [1.82, 2.24) is 5.32 Å². The molecule has 0 radical (unpaired) electrons. The topological polar surface area (TPSA) is 69.9 Å². The molecule has 1 amide bonds. The van der Waals surface area contributed by atoms with Gasteiger partial charge in [-0.2, -0.15) is 0 Å². The first-order chi connectivity index (χ1) is 14.5. The summed E-state index contributed by atoms with van der Waals surface area (Å²) in [7, 11) is 4.69. The molecule has 0 saturated heterocycles. The smallest absolute Gasteiger partial charge is 0.287 e. The molecule has 0 aliphatic carbocycles. The number of carbonyl (C=O) groups excluding carboxylic acids is 1. The van der Waals surface area contributed by atoms with E-state index in [0.29, 0.717) is 27.9 Å². The highest BCUT2D eigenvalue weighted by Crippen LogP contribution is 2.35. The maximum absolute atomic E-state index is 12.6.